The molecule has 0 spiro atoms. The number of nitrogens with one attached hydrogen (secondary N) is 3. The fraction of sp³-hybridized carbons (Fsp3) is 0.174. The van der Waals surface area contributed by atoms with Crippen LogP contribution in [0.4, 0.5) is 11.4 Å². The van der Waals surface area contributed by atoms with Gasteiger partial charge in [0.25, 0.3) is 5.56 Å². The standard InChI is InChI=1S/C23H26ClN7O2/c1-30(2)29-21-18(24)11-19(16-4-3-5-17(25)10-16)31(23(21)33)13-20(32)28-12-14-6-8-15(9-7-14)22(26)27/h3-11,29H,12-13,25H2,1-2H3,(H3,26,27)(H,28,32). The van der Waals surface area contributed by atoms with Gasteiger partial charge in [0.2, 0.25) is 5.91 Å². The summed E-state index contributed by atoms with van der Waals surface area (Å²) in [7, 11) is 3.46. The Morgan fingerprint density at radius 2 is 1.85 bits per heavy atom. The minimum Gasteiger partial charge on any atom is -0.399 e. The minimum absolute atomic E-state index is 0.0242. The maximum absolute atomic E-state index is 13.3. The molecule has 0 bridgehead atoms. The van der Waals surface area contributed by atoms with Gasteiger partial charge in [-0.3, -0.25) is 19.6 Å². The molecule has 7 N–H and O–H groups in total. The third-order valence-electron chi connectivity index (χ3n) is 4.83. The van der Waals surface area contributed by atoms with Crippen LogP contribution in [0, 0.1) is 5.41 Å². The highest BCUT2D eigenvalue weighted by Crippen LogP contribution is 2.27. The monoisotopic (exact) mass is 467 g/mol. The molecule has 0 saturated carbocycles. The molecule has 1 heterocycles. The molecule has 0 saturated heterocycles. The number of rotatable bonds is 8. The molecule has 3 aromatic rings. The predicted octanol–water partition coefficient (Wildman–Crippen LogP) is 2.24. The zero-order chi connectivity index (χ0) is 24.1. The van der Waals surface area contributed by atoms with E-state index in [0.29, 0.717) is 22.5 Å². The van der Waals surface area contributed by atoms with Crippen molar-refractivity contribution < 1.29 is 4.79 Å². The Balaban J connectivity index is 1.90. The summed E-state index contributed by atoms with van der Waals surface area (Å²) < 4.78 is 1.36. The van der Waals surface area contributed by atoms with Crippen molar-refractivity contribution in [1.29, 1.82) is 5.41 Å². The van der Waals surface area contributed by atoms with Gasteiger partial charge >= 0.3 is 0 Å². The summed E-state index contributed by atoms with van der Waals surface area (Å²) in [4.78, 5) is 26.0. The van der Waals surface area contributed by atoms with Crippen LogP contribution in [0.2, 0.25) is 5.02 Å². The van der Waals surface area contributed by atoms with E-state index in [1.54, 1.807) is 73.7 Å². The minimum atomic E-state index is -0.436. The van der Waals surface area contributed by atoms with Gasteiger partial charge in [0.05, 0.1) is 10.7 Å². The van der Waals surface area contributed by atoms with Crippen LogP contribution < -0.4 is 27.8 Å². The smallest absolute Gasteiger partial charge is 0.277 e. The number of pyridine rings is 1. The van der Waals surface area contributed by atoms with Crippen molar-refractivity contribution in [2.75, 3.05) is 25.3 Å². The number of halogens is 1. The average Bonchev–Trinajstić information content (AvgIpc) is 2.77. The number of carbonyl (C=O) groups is 1. The molecular formula is C23H26ClN7O2. The Bertz CT molecular complexity index is 1240. The number of hydrazine groups is 1. The molecule has 0 aliphatic heterocycles. The lowest BCUT2D eigenvalue weighted by atomic mass is 10.1. The highest BCUT2D eigenvalue weighted by molar-refractivity contribution is 6.33. The molecule has 172 valence electrons. The van der Waals surface area contributed by atoms with E-state index in [1.165, 1.54) is 4.57 Å². The second-order valence-electron chi connectivity index (χ2n) is 7.66. The van der Waals surface area contributed by atoms with Gasteiger partial charge in [-0.15, -0.1) is 0 Å². The third-order valence-corrected chi connectivity index (χ3v) is 5.12. The predicted molar refractivity (Wildman–Crippen MR) is 132 cm³/mol. The number of hydrogen-bond donors (Lipinski definition) is 5. The lowest BCUT2D eigenvalue weighted by Crippen LogP contribution is -2.35. The number of aromatic nitrogens is 1. The van der Waals surface area contributed by atoms with Gasteiger partial charge in [-0.25, -0.2) is 5.01 Å². The molecule has 0 radical (unpaired) electrons. The topological polar surface area (TPSA) is 142 Å². The van der Waals surface area contributed by atoms with E-state index in [4.69, 9.17) is 28.5 Å². The van der Waals surface area contributed by atoms with Crippen LogP contribution in [-0.2, 0) is 17.9 Å². The van der Waals surface area contributed by atoms with E-state index in [9.17, 15) is 9.59 Å². The third kappa shape index (κ3) is 5.91. The number of benzene rings is 2. The van der Waals surface area contributed by atoms with Crippen molar-refractivity contribution >= 4 is 34.7 Å². The molecule has 0 atom stereocenters. The molecule has 0 aliphatic rings. The number of amides is 1. The van der Waals surface area contributed by atoms with Crippen molar-refractivity contribution in [3.63, 3.8) is 0 Å². The maximum Gasteiger partial charge on any atom is 0.277 e. The van der Waals surface area contributed by atoms with Crippen LogP contribution in [0.25, 0.3) is 11.3 Å². The lowest BCUT2D eigenvalue weighted by Gasteiger charge is -2.19. The SMILES string of the molecule is CN(C)Nc1c(Cl)cc(-c2cccc(N)c2)n(CC(=O)NCc2ccc(C(=N)N)cc2)c1=O. The summed E-state index contributed by atoms with van der Waals surface area (Å²) >= 11 is 6.39. The number of carbonyl (C=O) groups excluding carboxylic acids is 1. The first-order chi connectivity index (χ1) is 15.7. The van der Waals surface area contributed by atoms with Crippen LogP contribution in [0.5, 0.6) is 0 Å². The Labute approximate surface area is 196 Å². The van der Waals surface area contributed by atoms with Crippen molar-refractivity contribution in [2.45, 2.75) is 13.1 Å². The van der Waals surface area contributed by atoms with Gasteiger partial charge in [0.1, 0.15) is 18.1 Å². The van der Waals surface area contributed by atoms with Crippen molar-refractivity contribution in [3.8, 4) is 11.3 Å². The first kappa shape index (κ1) is 23.8. The summed E-state index contributed by atoms with van der Waals surface area (Å²) in [5.41, 5.74) is 17.1. The molecule has 1 amide bonds. The van der Waals surface area contributed by atoms with Crippen molar-refractivity contribution in [1.82, 2.24) is 14.9 Å². The Morgan fingerprint density at radius 1 is 1.15 bits per heavy atom. The van der Waals surface area contributed by atoms with Crippen LogP contribution in [0.1, 0.15) is 11.1 Å². The quantitative estimate of drug-likeness (QED) is 0.149. The van der Waals surface area contributed by atoms with Gasteiger partial charge < -0.3 is 22.2 Å². The number of nitrogens with zero attached hydrogens (tertiary/aromatic N) is 2. The molecule has 0 fully saturated rings. The van der Waals surface area contributed by atoms with E-state index < -0.39 is 5.56 Å². The summed E-state index contributed by atoms with van der Waals surface area (Å²) in [6, 6.07) is 15.6. The van der Waals surface area contributed by atoms with Gasteiger partial charge in [-0.2, -0.15) is 0 Å². The van der Waals surface area contributed by atoms with Crippen molar-refractivity contribution in [3.05, 3.63) is 81.1 Å². The fourth-order valence-electron chi connectivity index (χ4n) is 3.24. The Hall–Kier alpha value is -3.82. The lowest BCUT2D eigenvalue weighted by molar-refractivity contribution is -0.121. The molecular weight excluding hydrogens is 442 g/mol. The van der Waals surface area contributed by atoms with Gasteiger partial charge in [0.15, 0.2) is 0 Å². The van der Waals surface area contributed by atoms with E-state index in [2.05, 4.69) is 10.7 Å². The number of anilines is 2. The second kappa shape index (κ2) is 10.2. The molecule has 0 unspecified atom stereocenters. The summed E-state index contributed by atoms with van der Waals surface area (Å²) in [6.07, 6.45) is 0. The van der Waals surface area contributed by atoms with Crippen LogP contribution in [-0.4, -0.2) is 35.4 Å². The van der Waals surface area contributed by atoms with Crippen molar-refractivity contribution in [2.24, 2.45) is 5.73 Å². The van der Waals surface area contributed by atoms with Crippen LogP contribution in [0.3, 0.4) is 0 Å². The Kier molecular flexibility index (Phi) is 7.37. The number of amidine groups is 1. The van der Waals surface area contributed by atoms with Gasteiger partial charge in [0, 0.05) is 37.5 Å². The molecule has 2 aromatic carbocycles. The summed E-state index contributed by atoms with van der Waals surface area (Å²) in [5.74, 6) is -0.375. The van der Waals surface area contributed by atoms with E-state index in [1.807, 2.05) is 0 Å². The molecule has 10 heteroatoms. The highest BCUT2D eigenvalue weighted by Gasteiger charge is 2.18. The maximum atomic E-state index is 13.3. The van der Waals surface area contributed by atoms with Gasteiger partial charge in [-0.05, 0) is 23.8 Å². The normalized spacial score (nSPS) is 10.8. The molecule has 9 nitrogen and oxygen atoms in total. The Morgan fingerprint density at radius 3 is 2.45 bits per heavy atom. The number of nitrogen functional groups attached to an aromatic ring is 2. The molecule has 33 heavy (non-hydrogen) atoms. The van der Waals surface area contributed by atoms with E-state index >= 15 is 0 Å². The highest BCUT2D eigenvalue weighted by atomic mass is 35.5. The molecule has 0 aliphatic carbocycles. The number of hydrogen-bond acceptors (Lipinski definition) is 6. The summed E-state index contributed by atoms with van der Waals surface area (Å²) in [5, 5.41) is 12.1. The largest absolute Gasteiger partial charge is 0.399 e. The van der Waals surface area contributed by atoms with Gasteiger partial charge in [-0.1, -0.05) is 48.0 Å². The fourth-order valence-corrected chi connectivity index (χ4v) is 3.46. The first-order valence-electron chi connectivity index (χ1n) is 10.1. The second-order valence-corrected chi connectivity index (χ2v) is 8.07. The van der Waals surface area contributed by atoms with Crippen LogP contribution >= 0.6 is 11.6 Å². The summed E-state index contributed by atoms with van der Waals surface area (Å²) in [6.45, 7) is 0.0452. The molecule has 3 rings (SSSR count). The first-order valence-corrected chi connectivity index (χ1v) is 10.5. The average molecular weight is 468 g/mol. The molecule has 1 aromatic heterocycles. The number of nitrogens with two attached hydrogens (primary N) is 2. The van der Waals surface area contributed by atoms with Crippen LogP contribution in [0.15, 0.2) is 59.4 Å². The van der Waals surface area contributed by atoms with E-state index in [-0.39, 0.29) is 35.5 Å². The zero-order valence-electron chi connectivity index (χ0n) is 18.4. The van der Waals surface area contributed by atoms with E-state index in [0.717, 1.165) is 5.56 Å². The zero-order valence-corrected chi connectivity index (χ0v) is 19.1.